The molecular weight excluding hydrogens is 319 g/mol. The second kappa shape index (κ2) is 5.75. The quantitative estimate of drug-likeness (QED) is 0.901. The predicted molar refractivity (Wildman–Crippen MR) is 71.1 cm³/mol. The van der Waals surface area contributed by atoms with E-state index in [2.05, 4.69) is 15.9 Å². The third kappa shape index (κ3) is 3.16. The second-order valence-corrected chi connectivity index (χ2v) is 5.09. The first kappa shape index (κ1) is 14.1. The molecule has 1 atom stereocenters. The molecule has 0 aliphatic heterocycles. The van der Waals surface area contributed by atoms with E-state index in [0.717, 1.165) is 12.1 Å². The van der Waals surface area contributed by atoms with Crippen LogP contribution in [0.4, 0.5) is 13.2 Å². The maximum absolute atomic E-state index is 13.6. The molecule has 0 amide bonds. The summed E-state index contributed by atoms with van der Waals surface area (Å²) in [7, 11) is 0. The van der Waals surface area contributed by atoms with Crippen LogP contribution in [0.2, 0.25) is 0 Å². The highest BCUT2D eigenvalue weighted by atomic mass is 79.9. The Bertz CT molecular complexity index is 581. The number of benzene rings is 2. The van der Waals surface area contributed by atoms with Crippen LogP contribution in [-0.4, -0.2) is 0 Å². The third-order valence-corrected chi connectivity index (χ3v) is 3.34. The Kier molecular flexibility index (Phi) is 4.27. The first-order valence-corrected chi connectivity index (χ1v) is 6.41. The normalized spacial score (nSPS) is 12.5. The smallest absolute Gasteiger partial charge is 0.129 e. The Hall–Kier alpha value is -1.33. The van der Waals surface area contributed by atoms with Crippen molar-refractivity contribution < 1.29 is 13.2 Å². The molecule has 0 heterocycles. The van der Waals surface area contributed by atoms with E-state index >= 15 is 0 Å². The Morgan fingerprint density at radius 3 is 2.26 bits per heavy atom. The van der Waals surface area contributed by atoms with Crippen LogP contribution < -0.4 is 5.73 Å². The van der Waals surface area contributed by atoms with Crippen molar-refractivity contribution in [1.29, 1.82) is 0 Å². The van der Waals surface area contributed by atoms with Crippen molar-refractivity contribution in [2.24, 2.45) is 5.73 Å². The number of hydrogen-bond donors (Lipinski definition) is 1. The van der Waals surface area contributed by atoms with Crippen LogP contribution in [0.15, 0.2) is 40.9 Å². The van der Waals surface area contributed by atoms with E-state index in [-0.39, 0.29) is 17.5 Å². The van der Waals surface area contributed by atoms with Crippen molar-refractivity contribution in [3.8, 4) is 0 Å². The maximum atomic E-state index is 13.6. The monoisotopic (exact) mass is 329 g/mol. The van der Waals surface area contributed by atoms with Gasteiger partial charge in [-0.05, 0) is 36.8 Å². The molecule has 0 radical (unpaired) electrons. The van der Waals surface area contributed by atoms with Crippen LogP contribution in [0, 0.1) is 17.5 Å². The summed E-state index contributed by atoms with van der Waals surface area (Å²) in [5, 5.41) is 0. The van der Waals surface area contributed by atoms with Crippen LogP contribution in [0.25, 0.3) is 0 Å². The minimum atomic E-state index is -0.816. The van der Waals surface area contributed by atoms with Gasteiger partial charge in [0.15, 0.2) is 0 Å². The lowest BCUT2D eigenvalue weighted by Gasteiger charge is -2.14. The van der Waals surface area contributed by atoms with E-state index in [1.54, 1.807) is 0 Å². The first-order valence-electron chi connectivity index (χ1n) is 5.62. The molecule has 2 aromatic carbocycles. The Morgan fingerprint density at radius 1 is 1.00 bits per heavy atom. The molecule has 0 saturated carbocycles. The molecule has 2 aromatic rings. The SMILES string of the molecule is NC(Cc1c(F)cccc1F)c1cc(Br)ccc1F. The van der Waals surface area contributed by atoms with Gasteiger partial charge in [-0.1, -0.05) is 22.0 Å². The molecule has 0 aliphatic rings. The van der Waals surface area contributed by atoms with Gasteiger partial charge < -0.3 is 5.73 Å². The molecule has 0 aromatic heterocycles. The molecule has 0 aliphatic carbocycles. The fourth-order valence-electron chi connectivity index (χ4n) is 1.86. The van der Waals surface area contributed by atoms with E-state index in [9.17, 15) is 13.2 Å². The van der Waals surface area contributed by atoms with Crippen molar-refractivity contribution in [2.75, 3.05) is 0 Å². The second-order valence-electron chi connectivity index (χ2n) is 4.18. The molecule has 2 rings (SSSR count). The van der Waals surface area contributed by atoms with Crippen LogP contribution >= 0.6 is 15.9 Å². The van der Waals surface area contributed by atoms with Crippen LogP contribution in [0.5, 0.6) is 0 Å². The van der Waals surface area contributed by atoms with Gasteiger partial charge in [-0.25, -0.2) is 13.2 Å². The van der Waals surface area contributed by atoms with E-state index < -0.39 is 23.5 Å². The minimum Gasteiger partial charge on any atom is -0.324 e. The Balaban J connectivity index is 2.31. The van der Waals surface area contributed by atoms with E-state index in [4.69, 9.17) is 5.73 Å². The van der Waals surface area contributed by atoms with Crippen LogP contribution in [0.1, 0.15) is 17.2 Å². The van der Waals surface area contributed by atoms with Gasteiger partial charge in [0.25, 0.3) is 0 Å². The summed E-state index contributed by atoms with van der Waals surface area (Å²) in [5.41, 5.74) is 5.93. The molecule has 19 heavy (non-hydrogen) atoms. The molecule has 0 fully saturated rings. The average molecular weight is 330 g/mol. The number of rotatable bonds is 3. The zero-order chi connectivity index (χ0) is 14.0. The molecule has 2 N–H and O–H groups in total. The number of nitrogens with two attached hydrogens (primary N) is 1. The van der Waals surface area contributed by atoms with Gasteiger partial charge in [0.2, 0.25) is 0 Å². The van der Waals surface area contributed by atoms with E-state index in [1.807, 2.05) is 0 Å². The summed E-state index contributed by atoms with van der Waals surface area (Å²) < 4.78 is 41.3. The standard InChI is InChI=1S/C14H11BrF3N/c15-8-4-5-13(18)10(6-8)14(19)7-9-11(16)2-1-3-12(9)17/h1-6,14H,7,19H2. The largest absolute Gasteiger partial charge is 0.324 e. The van der Waals surface area contributed by atoms with Crippen LogP contribution in [-0.2, 0) is 6.42 Å². The summed E-state index contributed by atoms with van der Waals surface area (Å²) >= 11 is 3.21. The van der Waals surface area contributed by atoms with Crippen molar-refractivity contribution in [3.63, 3.8) is 0 Å². The Labute approximate surface area is 117 Å². The summed E-state index contributed by atoms with van der Waals surface area (Å²) in [5.74, 6) is -1.84. The summed E-state index contributed by atoms with van der Waals surface area (Å²) in [6.07, 6.45) is -0.105. The molecule has 5 heteroatoms. The lowest BCUT2D eigenvalue weighted by atomic mass is 9.98. The minimum absolute atomic E-state index is 0.105. The van der Waals surface area contributed by atoms with Gasteiger partial charge in [0, 0.05) is 21.6 Å². The summed E-state index contributed by atoms with van der Waals surface area (Å²) in [6.45, 7) is 0. The zero-order valence-corrected chi connectivity index (χ0v) is 11.4. The topological polar surface area (TPSA) is 26.0 Å². The number of halogens is 4. The van der Waals surface area contributed by atoms with E-state index in [1.165, 1.54) is 24.3 Å². The van der Waals surface area contributed by atoms with Gasteiger partial charge in [-0.15, -0.1) is 0 Å². The first-order chi connectivity index (χ1) is 8.99. The third-order valence-electron chi connectivity index (χ3n) is 2.84. The average Bonchev–Trinajstić information content (AvgIpc) is 2.37. The highest BCUT2D eigenvalue weighted by Gasteiger charge is 2.17. The molecule has 100 valence electrons. The zero-order valence-electron chi connectivity index (χ0n) is 9.84. The molecular formula is C14H11BrF3N. The highest BCUT2D eigenvalue weighted by molar-refractivity contribution is 9.10. The fraction of sp³-hybridized carbons (Fsp3) is 0.143. The van der Waals surface area contributed by atoms with Crippen molar-refractivity contribution >= 4 is 15.9 Å². The fourth-order valence-corrected chi connectivity index (χ4v) is 2.23. The van der Waals surface area contributed by atoms with Crippen molar-refractivity contribution in [2.45, 2.75) is 12.5 Å². The van der Waals surface area contributed by atoms with Crippen molar-refractivity contribution in [3.05, 3.63) is 69.4 Å². The summed E-state index contributed by atoms with van der Waals surface area (Å²) in [4.78, 5) is 0. The number of hydrogen-bond acceptors (Lipinski definition) is 1. The molecule has 0 saturated heterocycles. The molecule has 0 spiro atoms. The highest BCUT2D eigenvalue weighted by Crippen LogP contribution is 2.25. The lowest BCUT2D eigenvalue weighted by molar-refractivity contribution is 0.528. The van der Waals surface area contributed by atoms with Crippen LogP contribution in [0.3, 0.4) is 0 Å². The molecule has 0 bridgehead atoms. The van der Waals surface area contributed by atoms with E-state index in [0.29, 0.717) is 4.47 Å². The molecule has 1 nitrogen and oxygen atoms in total. The van der Waals surface area contributed by atoms with Gasteiger partial charge in [0.1, 0.15) is 17.5 Å². The summed E-state index contributed by atoms with van der Waals surface area (Å²) in [6, 6.07) is 7.08. The van der Waals surface area contributed by atoms with Gasteiger partial charge in [-0.2, -0.15) is 0 Å². The molecule has 1 unspecified atom stereocenters. The maximum Gasteiger partial charge on any atom is 0.129 e. The lowest BCUT2D eigenvalue weighted by Crippen LogP contribution is -2.16. The van der Waals surface area contributed by atoms with Gasteiger partial charge in [-0.3, -0.25) is 0 Å². The Morgan fingerprint density at radius 2 is 1.63 bits per heavy atom. The van der Waals surface area contributed by atoms with Gasteiger partial charge >= 0.3 is 0 Å². The van der Waals surface area contributed by atoms with Crippen molar-refractivity contribution in [1.82, 2.24) is 0 Å². The predicted octanol–water partition coefficient (Wildman–Crippen LogP) is 4.11. The van der Waals surface area contributed by atoms with Gasteiger partial charge in [0.05, 0.1) is 0 Å².